The van der Waals surface area contributed by atoms with Gasteiger partial charge in [-0.25, -0.2) is 15.0 Å². The maximum Gasteiger partial charge on any atom is 0.336 e. The average molecular weight is 235 g/mol. The summed E-state index contributed by atoms with van der Waals surface area (Å²) < 4.78 is 0. The number of isocyanates is 1. The van der Waals surface area contributed by atoms with Crippen molar-refractivity contribution in [1.82, 2.24) is 0 Å². The lowest BCUT2D eigenvalue weighted by Crippen LogP contribution is -2.42. The molecule has 0 fully saturated rings. The normalized spacial score (nSPS) is 9.31. The first kappa shape index (κ1) is 16.2. The quantitative estimate of drug-likeness (QED) is 0.287. The Morgan fingerprint density at radius 2 is 1.31 bits per heavy atom. The summed E-state index contributed by atoms with van der Waals surface area (Å²) in [6.45, 7) is 0. The fraction of sp³-hybridized carbons (Fsp3) is 0.429. The molecule has 0 saturated heterocycles. The van der Waals surface area contributed by atoms with Crippen molar-refractivity contribution >= 4 is 24.0 Å². The third-order valence-corrected chi connectivity index (χ3v) is 1.29. The molecule has 0 aliphatic heterocycles. The number of carboxylic acids is 3. The van der Waals surface area contributed by atoms with E-state index < -0.39 is 36.4 Å². The molecule has 90 valence electrons. The van der Waals surface area contributed by atoms with E-state index in [1.54, 1.807) is 0 Å². The summed E-state index contributed by atoms with van der Waals surface area (Å²) >= 11 is 0. The summed E-state index contributed by atoms with van der Waals surface area (Å²) in [5.41, 5.74) is -2.74. The molecule has 0 heterocycles. The van der Waals surface area contributed by atoms with Gasteiger partial charge in [0.25, 0.3) is 0 Å². The van der Waals surface area contributed by atoms with Crippen LogP contribution in [0.15, 0.2) is 0 Å². The van der Waals surface area contributed by atoms with Gasteiger partial charge in [0.1, 0.15) is 0 Å². The lowest BCUT2D eigenvalue weighted by Gasteiger charge is -2.18. The van der Waals surface area contributed by atoms with Crippen LogP contribution in [0.1, 0.15) is 12.8 Å². The largest absolute Gasteiger partial charge is 0.481 e. The molecule has 0 spiro atoms. The van der Waals surface area contributed by atoms with E-state index in [0.717, 1.165) is 6.08 Å². The number of nitrogens with one attached hydrogen (secondary N) is 1. The molecule has 0 aliphatic rings. The topological polar surface area (TPSA) is 173 Å². The Morgan fingerprint density at radius 3 is 1.44 bits per heavy atom. The molecule has 9 nitrogen and oxygen atoms in total. The maximum atomic E-state index is 10.3. The van der Waals surface area contributed by atoms with Gasteiger partial charge in [-0.05, 0) is 0 Å². The van der Waals surface area contributed by atoms with Gasteiger partial charge in [-0.15, -0.1) is 0 Å². The summed E-state index contributed by atoms with van der Waals surface area (Å²) in [6, 6.07) is 0. The molecule has 0 aromatic rings. The first-order valence-corrected chi connectivity index (χ1v) is 3.63. The number of carbonyl (C=O) groups is 3. The summed E-state index contributed by atoms with van der Waals surface area (Å²) in [4.78, 5) is 38.8. The number of hydrogen-bond donors (Lipinski definition) is 5. The Morgan fingerprint density at radius 1 is 1.06 bits per heavy atom. The highest BCUT2D eigenvalue weighted by Crippen LogP contribution is 2.15. The van der Waals surface area contributed by atoms with Crippen molar-refractivity contribution in [3.8, 4) is 0 Å². The smallest absolute Gasteiger partial charge is 0.336 e. The highest BCUT2D eigenvalue weighted by Gasteiger charge is 2.40. The monoisotopic (exact) mass is 235 g/mol. The summed E-state index contributed by atoms with van der Waals surface area (Å²) in [7, 11) is 0. The van der Waals surface area contributed by atoms with Crippen LogP contribution < -0.4 is 0 Å². The number of hydrogen-bond acceptors (Lipinski definition) is 6. The predicted molar refractivity (Wildman–Crippen MR) is 45.5 cm³/mol. The zero-order chi connectivity index (χ0) is 13.4. The van der Waals surface area contributed by atoms with Crippen molar-refractivity contribution in [3.05, 3.63) is 0 Å². The minimum Gasteiger partial charge on any atom is -0.481 e. The Kier molecular flexibility index (Phi) is 7.18. The Balaban J connectivity index is 0. The second-order valence-corrected chi connectivity index (χ2v) is 2.58. The second kappa shape index (κ2) is 7.10. The van der Waals surface area contributed by atoms with E-state index in [-0.39, 0.29) is 0 Å². The van der Waals surface area contributed by atoms with E-state index in [1.165, 1.54) is 0 Å². The Labute approximate surface area is 88.4 Å². The first-order chi connectivity index (χ1) is 7.19. The van der Waals surface area contributed by atoms with Gasteiger partial charge >= 0.3 is 17.9 Å². The van der Waals surface area contributed by atoms with E-state index in [2.05, 4.69) is 0 Å². The zero-order valence-electron chi connectivity index (χ0n) is 7.84. The minimum atomic E-state index is -2.74. The molecule has 0 unspecified atom stereocenters. The van der Waals surface area contributed by atoms with Gasteiger partial charge in [0, 0.05) is 0 Å². The summed E-state index contributed by atoms with van der Waals surface area (Å²) in [5.74, 6) is -5.02. The number of aliphatic carboxylic acids is 3. The number of aliphatic hydroxyl groups is 1. The SMILES string of the molecule is N=C=O.O=C(O)CC(O)(CC(=O)O)C(=O)O. The Hall–Kier alpha value is -2.25. The highest BCUT2D eigenvalue weighted by molar-refractivity contribution is 5.88. The first-order valence-electron chi connectivity index (χ1n) is 3.63. The molecule has 0 saturated carbocycles. The number of rotatable bonds is 5. The molecule has 0 aromatic carbocycles. The number of carboxylic acid groups (broad SMARTS) is 3. The fourth-order valence-electron chi connectivity index (χ4n) is 0.714. The second-order valence-electron chi connectivity index (χ2n) is 2.58. The average Bonchev–Trinajstić information content (AvgIpc) is 2.01. The fourth-order valence-corrected chi connectivity index (χ4v) is 0.714. The molecule has 0 amide bonds. The van der Waals surface area contributed by atoms with Gasteiger partial charge in [0.05, 0.1) is 12.8 Å². The highest BCUT2D eigenvalue weighted by atomic mass is 16.4. The lowest BCUT2D eigenvalue weighted by molar-refractivity contribution is -0.170. The minimum absolute atomic E-state index is 0.750. The third-order valence-electron chi connectivity index (χ3n) is 1.29. The number of carbonyl (C=O) groups excluding carboxylic acids is 1. The molecule has 0 bridgehead atoms. The molecule has 0 aromatic heterocycles. The molecular weight excluding hydrogens is 226 g/mol. The van der Waals surface area contributed by atoms with Crippen LogP contribution in [0, 0.1) is 5.41 Å². The van der Waals surface area contributed by atoms with Crippen LogP contribution in [0.4, 0.5) is 0 Å². The van der Waals surface area contributed by atoms with Crippen LogP contribution in [0.3, 0.4) is 0 Å². The van der Waals surface area contributed by atoms with Crippen molar-refractivity contribution in [1.29, 1.82) is 5.41 Å². The summed E-state index contributed by atoms with van der Waals surface area (Å²) in [6.07, 6.45) is -1.54. The van der Waals surface area contributed by atoms with Crippen molar-refractivity contribution in [2.45, 2.75) is 18.4 Å². The van der Waals surface area contributed by atoms with Crippen LogP contribution in [0.5, 0.6) is 0 Å². The lowest BCUT2D eigenvalue weighted by atomic mass is 9.96. The maximum absolute atomic E-state index is 10.3. The molecule has 9 heteroatoms. The van der Waals surface area contributed by atoms with E-state index in [4.69, 9.17) is 30.6 Å². The van der Waals surface area contributed by atoms with Crippen molar-refractivity contribution in [2.75, 3.05) is 0 Å². The zero-order valence-corrected chi connectivity index (χ0v) is 7.84. The standard InChI is InChI=1S/C6H8O7.CHNO/c7-3(8)1-6(13,5(11)12)2-4(9)10;2-1-3/h13H,1-2H2,(H,7,8)(H,9,10)(H,11,12);2H. The molecule has 0 rings (SSSR count). The van der Waals surface area contributed by atoms with E-state index in [0.29, 0.717) is 0 Å². The molecule has 0 aliphatic carbocycles. The van der Waals surface area contributed by atoms with E-state index in [9.17, 15) is 14.4 Å². The van der Waals surface area contributed by atoms with Gasteiger partial charge in [0.15, 0.2) is 5.60 Å². The van der Waals surface area contributed by atoms with E-state index >= 15 is 0 Å². The molecule has 0 atom stereocenters. The van der Waals surface area contributed by atoms with Crippen molar-refractivity contribution < 1.29 is 39.6 Å². The van der Waals surface area contributed by atoms with Crippen LogP contribution >= 0.6 is 0 Å². The van der Waals surface area contributed by atoms with Crippen LogP contribution in [0.25, 0.3) is 0 Å². The van der Waals surface area contributed by atoms with Crippen molar-refractivity contribution in [3.63, 3.8) is 0 Å². The van der Waals surface area contributed by atoms with Crippen LogP contribution in [-0.2, 0) is 19.2 Å². The molecule has 16 heavy (non-hydrogen) atoms. The van der Waals surface area contributed by atoms with Crippen LogP contribution in [-0.4, -0.2) is 50.0 Å². The Bertz CT molecular complexity index is 300. The van der Waals surface area contributed by atoms with E-state index in [1.807, 2.05) is 0 Å². The van der Waals surface area contributed by atoms with Crippen molar-refractivity contribution in [2.24, 2.45) is 0 Å². The van der Waals surface area contributed by atoms with Gasteiger partial charge in [-0.3, -0.25) is 9.59 Å². The molecule has 5 N–H and O–H groups in total. The molecular formula is C7H9NO8. The van der Waals surface area contributed by atoms with Gasteiger partial charge < -0.3 is 20.4 Å². The third kappa shape index (κ3) is 7.18. The van der Waals surface area contributed by atoms with Gasteiger partial charge in [-0.2, -0.15) is 0 Å². The van der Waals surface area contributed by atoms with Gasteiger partial charge in [0.2, 0.25) is 6.08 Å². The summed E-state index contributed by atoms with van der Waals surface area (Å²) in [5, 5.41) is 39.2. The molecule has 0 radical (unpaired) electrons. The van der Waals surface area contributed by atoms with Gasteiger partial charge in [-0.1, -0.05) is 0 Å². The van der Waals surface area contributed by atoms with Crippen LogP contribution in [0.2, 0.25) is 0 Å². The predicted octanol–water partition coefficient (Wildman–Crippen LogP) is -1.35.